The maximum Gasteiger partial charge on any atom is 0.490 e. The van der Waals surface area contributed by atoms with Crippen molar-refractivity contribution in [1.29, 1.82) is 0 Å². The third-order valence-corrected chi connectivity index (χ3v) is 7.42. The fourth-order valence-electron chi connectivity index (χ4n) is 4.85. The van der Waals surface area contributed by atoms with E-state index in [1.807, 2.05) is 13.1 Å². The summed E-state index contributed by atoms with van der Waals surface area (Å²) in [6, 6.07) is 6.64. The molecule has 1 amide bonds. The third kappa shape index (κ3) is 5.58. The fourth-order valence-corrected chi connectivity index (χ4v) is 4.85. The highest BCUT2D eigenvalue weighted by atomic mass is 19.4. The number of carbonyl (C=O) groups excluding carboxylic acids is 1. The van der Waals surface area contributed by atoms with Gasteiger partial charge in [0.15, 0.2) is 0 Å². The van der Waals surface area contributed by atoms with Crippen LogP contribution in [-0.4, -0.2) is 52.7 Å². The van der Waals surface area contributed by atoms with Crippen molar-refractivity contribution in [2.45, 2.75) is 64.1 Å². The van der Waals surface area contributed by atoms with Crippen LogP contribution < -0.4 is 4.90 Å². The molecule has 2 aromatic rings. The summed E-state index contributed by atoms with van der Waals surface area (Å²) in [5, 5.41) is 11.7. The molecular weight excluding hydrogens is 475 g/mol. The quantitative estimate of drug-likeness (QED) is 0.613. The molecule has 0 radical (unpaired) electrons. The van der Waals surface area contributed by atoms with Gasteiger partial charge in [0.25, 0.3) is 0 Å². The van der Waals surface area contributed by atoms with Crippen LogP contribution in [0.4, 0.5) is 18.9 Å². The number of aromatic nitrogens is 2. The van der Waals surface area contributed by atoms with Crippen molar-refractivity contribution in [3.63, 3.8) is 0 Å². The van der Waals surface area contributed by atoms with Crippen molar-refractivity contribution >= 4 is 17.6 Å². The number of hydrogen-bond acceptors (Lipinski definition) is 4. The van der Waals surface area contributed by atoms with E-state index in [4.69, 9.17) is 14.6 Å². The van der Waals surface area contributed by atoms with Gasteiger partial charge in [0, 0.05) is 55.1 Å². The molecule has 2 fully saturated rings. The molecule has 3 aliphatic rings. The van der Waals surface area contributed by atoms with Gasteiger partial charge in [-0.1, -0.05) is 19.9 Å². The van der Waals surface area contributed by atoms with Crippen molar-refractivity contribution in [3.05, 3.63) is 36.2 Å². The van der Waals surface area contributed by atoms with E-state index in [2.05, 4.69) is 46.0 Å². The second-order valence-electron chi connectivity index (χ2n) is 10.1. The first kappa shape index (κ1) is 26.2. The predicted octanol–water partition coefficient (Wildman–Crippen LogP) is 5.03. The van der Waals surface area contributed by atoms with Gasteiger partial charge in [-0.2, -0.15) is 18.3 Å². The zero-order valence-corrected chi connectivity index (χ0v) is 20.6. The molecule has 36 heavy (non-hydrogen) atoms. The molecule has 5 rings (SSSR count). The molecule has 1 N–H and O–H groups in total. The number of benzene rings is 1. The number of hydrogen-bond donors (Lipinski definition) is 1. The molecule has 3 heterocycles. The average molecular weight is 508 g/mol. The van der Waals surface area contributed by atoms with Gasteiger partial charge in [0.2, 0.25) is 5.91 Å². The van der Waals surface area contributed by atoms with Crippen LogP contribution in [-0.2, 0) is 26.3 Å². The highest BCUT2D eigenvalue weighted by molar-refractivity contribution is 5.98. The van der Waals surface area contributed by atoms with E-state index in [1.165, 1.54) is 29.5 Å². The molecule has 0 bridgehead atoms. The summed E-state index contributed by atoms with van der Waals surface area (Å²) in [6.07, 6.45) is 4.57. The number of fused-ring (bicyclic) bond motifs is 2. The van der Waals surface area contributed by atoms with E-state index in [9.17, 15) is 18.0 Å². The minimum absolute atomic E-state index is 0.0245. The number of ether oxygens (including phenoxy) is 1. The Morgan fingerprint density at radius 3 is 2.47 bits per heavy atom. The van der Waals surface area contributed by atoms with E-state index in [-0.39, 0.29) is 17.2 Å². The van der Waals surface area contributed by atoms with Crippen LogP contribution in [0.15, 0.2) is 30.6 Å². The van der Waals surface area contributed by atoms with Gasteiger partial charge in [0.1, 0.15) is 0 Å². The zero-order valence-electron chi connectivity index (χ0n) is 20.6. The fraction of sp³-hybridized carbons (Fsp3) is 0.577. The Labute approximate surface area is 208 Å². The molecule has 1 atom stereocenters. The largest absolute Gasteiger partial charge is 0.490 e. The second kappa shape index (κ2) is 10.2. The number of carboxylic acids is 1. The molecule has 7 nitrogen and oxygen atoms in total. The standard InChI is InChI=1S/C24H31N3O2.C2HF3O2/c1-3-17(2)23(28)27-16-24(8-10-29-11-9-24)21-12-19(6-7-22(21)27)20-13-25-26(15-20)14-18-4-5-18;3-2(4,5)1(6)7/h6-7,12-13,15,17-18H,3-5,8-11,14,16H2,1-2H3;(H,6,7). The van der Waals surface area contributed by atoms with Crippen molar-refractivity contribution in [2.75, 3.05) is 24.7 Å². The molecule has 1 unspecified atom stereocenters. The van der Waals surface area contributed by atoms with E-state index in [1.54, 1.807) is 0 Å². The van der Waals surface area contributed by atoms with Crippen molar-refractivity contribution in [2.24, 2.45) is 11.8 Å². The van der Waals surface area contributed by atoms with Gasteiger partial charge in [-0.3, -0.25) is 9.48 Å². The first-order chi connectivity index (χ1) is 17.0. The molecular formula is C26H32F3N3O4. The van der Waals surface area contributed by atoms with Crippen molar-refractivity contribution < 1.29 is 32.6 Å². The highest BCUT2D eigenvalue weighted by Gasteiger charge is 2.46. The smallest absolute Gasteiger partial charge is 0.475 e. The Hall–Kier alpha value is -2.88. The van der Waals surface area contributed by atoms with Gasteiger partial charge in [-0.15, -0.1) is 0 Å². The van der Waals surface area contributed by atoms with Crippen molar-refractivity contribution in [1.82, 2.24) is 9.78 Å². The minimum atomic E-state index is -5.08. The Morgan fingerprint density at radius 1 is 1.22 bits per heavy atom. The van der Waals surface area contributed by atoms with E-state index in [0.29, 0.717) is 0 Å². The minimum Gasteiger partial charge on any atom is -0.475 e. The van der Waals surface area contributed by atoms with E-state index in [0.717, 1.165) is 57.2 Å². The summed E-state index contributed by atoms with van der Waals surface area (Å²) in [7, 11) is 0. The number of alkyl halides is 3. The Kier molecular flexibility index (Phi) is 7.45. The number of carbonyl (C=O) groups is 2. The van der Waals surface area contributed by atoms with Crippen LogP contribution >= 0.6 is 0 Å². The monoisotopic (exact) mass is 507 g/mol. The van der Waals surface area contributed by atoms with Crippen LogP contribution in [0, 0.1) is 11.8 Å². The maximum absolute atomic E-state index is 13.1. The molecule has 196 valence electrons. The number of carboxylic acid groups (broad SMARTS) is 1. The molecule has 1 aromatic heterocycles. The van der Waals surface area contributed by atoms with Gasteiger partial charge < -0.3 is 14.7 Å². The Morgan fingerprint density at radius 2 is 1.89 bits per heavy atom. The summed E-state index contributed by atoms with van der Waals surface area (Å²) in [5.41, 5.74) is 4.82. The van der Waals surface area contributed by atoms with Crippen molar-refractivity contribution in [3.8, 4) is 11.1 Å². The van der Waals surface area contributed by atoms with Gasteiger partial charge in [-0.25, -0.2) is 4.79 Å². The molecule has 1 spiro atoms. The number of anilines is 1. The number of amides is 1. The summed E-state index contributed by atoms with van der Waals surface area (Å²) in [4.78, 5) is 24.1. The van der Waals surface area contributed by atoms with Crippen LogP contribution in [0.5, 0.6) is 0 Å². The van der Waals surface area contributed by atoms with Crippen LogP contribution in [0.2, 0.25) is 0 Å². The second-order valence-corrected chi connectivity index (χ2v) is 10.1. The lowest BCUT2D eigenvalue weighted by Crippen LogP contribution is -2.42. The lowest BCUT2D eigenvalue weighted by atomic mass is 9.75. The van der Waals surface area contributed by atoms with Crippen LogP contribution in [0.25, 0.3) is 11.1 Å². The Balaban J connectivity index is 0.000000384. The topological polar surface area (TPSA) is 84.7 Å². The van der Waals surface area contributed by atoms with Gasteiger partial charge >= 0.3 is 12.1 Å². The number of halogens is 3. The summed E-state index contributed by atoms with van der Waals surface area (Å²) in [5.74, 6) is -1.64. The normalized spacial score (nSPS) is 19.4. The lowest BCUT2D eigenvalue weighted by molar-refractivity contribution is -0.192. The predicted molar refractivity (Wildman–Crippen MR) is 128 cm³/mol. The summed E-state index contributed by atoms with van der Waals surface area (Å²) >= 11 is 0. The summed E-state index contributed by atoms with van der Waals surface area (Å²) in [6.45, 7) is 7.50. The SMILES string of the molecule is CCC(C)C(=O)N1CC2(CCOCC2)c2cc(-c3cnn(CC4CC4)c3)ccc21.O=C(O)C(F)(F)F. The van der Waals surface area contributed by atoms with E-state index >= 15 is 0 Å². The first-order valence-corrected chi connectivity index (χ1v) is 12.4. The maximum atomic E-state index is 13.1. The number of aliphatic carboxylic acids is 1. The van der Waals surface area contributed by atoms with Gasteiger partial charge in [-0.05, 0) is 61.3 Å². The summed E-state index contributed by atoms with van der Waals surface area (Å²) < 4.78 is 39.5. The molecule has 1 saturated heterocycles. The molecule has 10 heteroatoms. The molecule has 1 aromatic carbocycles. The average Bonchev–Trinajstić information content (AvgIpc) is 3.46. The number of rotatable bonds is 5. The van der Waals surface area contributed by atoms with Crippen LogP contribution in [0.3, 0.4) is 0 Å². The Bertz CT molecular complexity index is 1100. The highest BCUT2D eigenvalue weighted by Crippen LogP contribution is 2.48. The molecule has 1 saturated carbocycles. The third-order valence-electron chi connectivity index (χ3n) is 7.42. The lowest BCUT2D eigenvalue weighted by Gasteiger charge is -2.34. The number of nitrogens with zero attached hydrogens (tertiary/aromatic N) is 3. The zero-order chi connectivity index (χ0) is 26.1. The first-order valence-electron chi connectivity index (χ1n) is 12.4. The van der Waals surface area contributed by atoms with Crippen LogP contribution in [0.1, 0.15) is 51.5 Å². The molecule has 1 aliphatic carbocycles. The van der Waals surface area contributed by atoms with E-state index < -0.39 is 12.1 Å². The molecule has 2 aliphatic heterocycles. The van der Waals surface area contributed by atoms with Gasteiger partial charge in [0.05, 0.1) is 6.20 Å².